The summed E-state index contributed by atoms with van der Waals surface area (Å²) in [6.45, 7) is 8.73. The number of nitrogens with zero attached hydrogens (tertiary/aromatic N) is 1. The molecule has 1 heterocycles. The molecule has 5 nitrogen and oxygen atoms in total. The van der Waals surface area contributed by atoms with Crippen LogP contribution in [-0.2, 0) is 17.9 Å². The highest BCUT2D eigenvalue weighted by atomic mass is 79.9. The summed E-state index contributed by atoms with van der Waals surface area (Å²) in [4.78, 5) is 14.3. The Balaban J connectivity index is 1.52. The third kappa shape index (κ3) is 7.37. The Bertz CT molecular complexity index is 821. The zero-order valence-electron chi connectivity index (χ0n) is 17.3. The van der Waals surface area contributed by atoms with Gasteiger partial charge < -0.3 is 14.8 Å². The number of ether oxygens (including phenoxy) is 2. The second-order valence-corrected chi connectivity index (χ2v) is 9.35. The lowest BCUT2D eigenvalue weighted by atomic mass is 10.2. The van der Waals surface area contributed by atoms with Gasteiger partial charge >= 0.3 is 6.09 Å². The fraction of sp³-hybridized carbons (Fsp3) is 0.435. The van der Waals surface area contributed by atoms with Gasteiger partial charge in [0.2, 0.25) is 0 Å². The SMILES string of the molecule is CC(C)(C)OC(=O)NC1CCN(Cc2cc(Br)cc(OCc3ccccc3)c2)C1. The Morgan fingerprint density at radius 2 is 1.93 bits per heavy atom. The van der Waals surface area contributed by atoms with Crippen LogP contribution in [0.25, 0.3) is 0 Å². The molecule has 1 atom stereocenters. The van der Waals surface area contributed by atoms with Gasteiger partial charge in [-0.2, -0.15) is 0 Å². The molecule has 156 valence electrons. The maximum Gasteiger partial charge on any atom is 0.407 e. The molecule has 1 saturated heterocycles. The molecule has 1 aliphatic rings. The summed E-state index contributed by atoms with van der Waals surface area (Å²) in [7, 11) is 0. The lowest BCUT2D eigenvalue weighted by molar-refractivity contribution is 0.0506. The number of benzene rings is 2. The van der Waals surface area contributed by atoms with Crippen molar-refractivity contribution in [3.63, 3.8) is 0 Å². The normalized spacial score (nSPS) is 17.2. The number of hydrogen-bond donors (Lipinski definition) is 1. The summed E-state index contributed by atoms with van der Waals surface area (Å²) in [6, 6.07) is 16.4. The summed E-state index contributed by atoms with van der Waals surface area (Å²) in [5.74, 6) is 0.848. The number of alkyl carbamates (subject to hydrolysis) is 1. The molecule has 2 aromatic rings. The Morgan fingerprint density at radius 1 is 1.17 bits per heavy atom. The van der Waals surface area contributed by atoms with Crippen LogP contribution in [0.3, 0.4) is 0 Å². The molecular formula is C23H29BrN2O3. The molecule has 1 N–H and O–H groups in total. The zero-order chi connectivity index (χ0) is 20.9. The Morgan fingerprint density at radius 3 is 2.66 bits per heavy atom. The van der Waals surface area contributed by atoms with Crippen molar-refractivity contribution in [3.05, 3.63) is 64.1 Å². The third-order valence-corrected chi connectivity index (χ3v) is 5.04. The molecule has 1 unspecified atom stereocenters. The van der Waals surface area contributed by atoms with Gasteiger partial charge in [0.05, 0.1) is 0 Å². The first-order valence-corrected chi connectivity index (χ1v) is 10.7. The molecule has 0 bridgehead atoms. The van der Waals surface area contributed by atoms with Crippen molar-refractivity contribution < 1.29 is 14.3 Å². The predicted octanol–water partition coefficient (Wildman–Crippen LogP) is 5.13. The number of hydrogen-bond acceptors (Lipinski definition) is 4. The van der Waals surface area contributed by atoms with Crippen LogP contribution in [0, 0.1) is 0 Å². The summed E-state index contributed by atoms with van der Waals surface area (Å²) < 4.78 is 12.3. The number of nitrogens with one attached hydrogen (secondary N) is 1. The summed E-state index contributed by atoms with van der Waals surface area (Å²) in [5, 5.41) is 2.98. The molecule has 1 amide bonds. The lowest BCUT2D eigenvalue weighted by Crippen LogP contribution is -2.40. The second-order valence-electron chi connectivity index (χ2n) is 8.44. The van der Waals surface area contributed by atoms with Crippen LogP contribution in [0.4, 0.5) is 4.79 Å². The second kappa shape index (κ2) is 9.63. The van der Waals surface area contributed by atoms with E-state index in [9.17, 15) is 4.79 Å². The highest BCUT2D eigenvalue weighted by molar-refractivity contribution is 9.10. The number of likely N-dealkylation sites (tertiary alicyclic amines) is 1. The summed E-state index contributed by atoms with van der Waals surface area (Å²) in [5.41, 5.74) is 1.85. The van der Waals surface area contributed by atoms with E-state index < -0.39 is 5.60 Å². The quantitative estimate of drug-likeness (QED) is 0.649. The number of halogens is 1. The van der Waals surface area contributed by atoms with Crippen LogP contribution in [0.1, 0.15) is 38.3 Å². The van der Waals surface area contributed by atoms with Crippen LogP contribution in [0.5, 0.6) is 5.75 Å². The van der Waals surface area contributed by atoms with Crippen LogP contribution in [-0.4, -0.2) is 35.7 Å². The van der Waals surface area contributed by atoms with E-state index in [0.717, 1.165) is 41.8 Å². The van der Waals surface area contributed by atoms with E-state index in [-0.39, 0.29) is 12.1 Å². The monoisotopic (exact) mass is 460 g/mol. The van der Waals surface area contributed by atoms with Crippen molar-refractivity contribution in [2.45, 2.75) is 52.0 Å². The van der Waals surface area contributed by atoms with Gasteiger partial charge in [-0.1, -0.05) is 46.3 Å². The van der Waals surface area contributed by atoms with Crippen molar-refractivity contribution in [3.8, 4) is 5.75 Å². The minimum atomic E-state index is -0.477. The summed E-state index contributed by atoms with van der Waals surface area (Å²) in [6.07, 6.45) is 0.577. The average molecular weight is 461 g/mol. The molecule has 0 aromatic heterocycles. The van der Waals surface area contributed by atoms with Gasteiger partial charge in [0.15, 0.2) is 0 Å². The number of amides is 1. The van der Waals surface area contributed by atoms with Gasteiger partial charge in [0.1, 0.15) is 18.0 Å². The molecule has 0 spiro atoms. The van der Waals surface area contributed by atoms with E-state index in [2.05, 4.69) is 50.4 Å². The van der Waals surface area contributed by atoms with E-state index in [1.807, 2.05) is 45.0 Å². The average Bonchev–Trinajstić information content (AvgIpc) is 3.05. The van der Waals surface area contributed by atoms with Crippen molar-refractivity contribution in [2.24, 2.45) is 0 Å². The lowest BCUT2D eigenvalue weighted by Gasteiger charge is -2.22. The molecule has 0 aliphatic carbocycles. The van der Waals surface area contributed by atoms with E-state index in [1.54, 1.807) is 0 Å². The molecule has 2 aromatic carbocycles. The standard InChI is InChI=1S/C23H29BrN2O3/c1-23(2,3)29-22(27)25-20-9-10-26(15-20)14-18-11-19(24)13-21(12-18)28-16-17-7-5-4-6-8-17/h4-8,11-13,20H,9-10,14-16H2,1-3H3,(H,25,27). The van der Waals surface area contributed by atoms with Crippen molar-refractivity contribution in [2.75, 3.05) is 13.1 Å². The zero-order valence-corrected chi connectivity index (χ0v) is 18.9. The van der Waals surface area contributed by atoms with E-state index in [0.29, 0.717) is 6.61 Å². The van der Waals surface area contributed by atoms with Crippen molar-refractivity contribution >= 4 is 22.0 Å². The third-order valence-electron chi connectivity index (χ3n) is 4.58. The fourth-order valence-corrected chi connectivity index (χ4v) is 3.88. The van der Waals surface area contributed by atoms with Gasteiger partial charge in [-0.3, -0.25) is 4.90 Å². The van der Waals surface area contributed by atoms with Crippen LogP contribution in [0.2, 0.25) is 0 Å². The maximum atomic E-state index is 12.0. The molecule has 6 heteroatoms. The summed E-state index contributed by atoms with van der Waals surface area (Å²) >= 11 is 3.59. The first-order chi connectivity index (χ1) is 13.8. The highest BCUT2D eigenvalue weighted by Crippen LogP contribution is 2.24. The minimum Gasteiger partial charge on any atom is -0.489 e. The maximum absolute atomic E-state index is 12.0. The van der Waals surface area contributed by atoms with Crippen LogP contribution in [0.15, 0.2) is 53.0 Å². The van der Waals surface area contributed by atoms with Gasteiger partial charge in [0.25, 0.3) is 0 Å². The van der Waals surface area contributed by atoms with Gasteiger partial charge in [-0.05, 0) is 56.5 Å². The van der Waals surface area contributed by atoms with E-state index >= 15 is 0 Å². The Kier molecular flexibility index (Phi) is 7.19. The Hall–Kier alpha value is -2.05. The van der Waals surface area contributed by atoms with Gasteiger partial charge in [0, 0.05) is 30.1 Å². The predicted molar refractivity (Wildman–Crippen MR) is 118 cm³/mol. The molecular weight excluding hydrogens is 432 g/mol. The molecule has 0 radical (unpaired) electrons. The highest BCUT2D eigenvalue weighted by Gasteiger charge is 2.26. The largest absolute Gasteiger partial charge is 0.489 e. The first kappa shape index (κ1) is 21.7. The van der Waals surface area contributed by atoms with Gasteiger partial charge in [-0.25, -0.2) is 4.79 Å². The van der Waals surface area contributed by atoms with Gasteiger partial charge in [-0.15, -0.1) is 0 Å². The topological polar surface area (TPSA) is 50.8 Å². The molecule has 29 heavy (non-hydrogen) atoms. The number of rotatable bonds is 6. The molecule has 1 fully saturated rings. The Labute approximate surface area is 181 Å². The molecule has 3 rings (SSSR count). The molecule has 1 aliphatic heterocycles. The van der Waals surface area contributed by atoms with Crippen LogP contribution >= 0.6 is 15.9 Å². The molecule has 0 saturated carbocycles. The smallest absolute Gasteiger partial charge is 0.407 e. The van der Waals surface area contributed by atoms with Crippen LogP contribution < -0.4 is 10.1 Å². The van der Waals surface area contributed by atoms with E-state index in [4.69, 9.17) is 9.47 Å². The van der Waals surface area contributed by atoms with Crippen molar-refractivity contribution in [1.29, 1.82) is 0 Å². The van der Waals surface area contributed by atoms with Crippen molar-refractivity contribution in [1.82, 2.24) is 10.2 Å². The minimum absolute atomic E-state index is 0.116. The van der Waals surface area contributed by atoms with E-state index in [1.165, 1.54) is 5.56 Å². The number of carbonyl (C=O) groups is 1. The fourth-order valence-electron chi connectivity index (χ4n) is 3.36. The number of carbonyl (C=O) groups excluding carboxylic acids is 1. The first-order valence-electron chi connectivity index (χ1n) is 9.95.